The summed E-state index contributed by atoms with van der Waals surface area (Å²) >= 11 is 1.33. The molecule has 0 spiro atoms. The molecular formula is C22H20N2O4S. The van der Waals surface area contributed by atoms with Crippen molar-refractivity contribution in [2.24, 2.45) is 0 Å². The molecule has 0 radical (unpaired) electrons. The molecule has 1 aromatic heterocycles. The van der Waals surface area contributed by atoms with Gasteiger partial charge in [0.25, 0.3) is 0 Å². The van der Waals surface area contributed by atoms with Crippen molar-refractivity contribution in [2.45, 2.75) is 19.8 Å². The van der Waals surface area contributed by atoms with Crippen LogP contribution in [0.4, 0.5) is 5.69 Å². The Bertz CT molecular complexity index is 1090. The summed E-state index contributed by atoms with van der Waals surface area (Å²) in [5, 5.41) is 10.3. The van der Waals surface area contributed by atoms with Crippen LogP contribution in [0.2, 0.25) is 0 Å². The van der Waals surface area contributed by atoms with Gasteiger partial charge in [-0.25, -0.2) is 9.78 Å². The molecule has 0 bridgehead atoms. The van der Waals surface area contributed by atoms with Gasteiger partial charge in [0.05, 0.1) is 12.0 Å². The number of aryl methyl sites for hydroxylation is 1. The number of benzene rings is 2. The predicted molar refractivity (Wildman–Crippen MR) is 113 cm³/mol. The molecular weight excluding hydrogens is 388 g/mol. The van der Waals surface area contributed by atoms with Crippen LogP contribution in [0.15, 0.2) is 42.5 Å². The van der Waals surface area contributed by atoms with Gasteiger partial charge in [0.15, 0.2) is 5.69 Å². The SMILES string of the molecule is COc1ccc(-c2sc(-c3ccc4c(c3)N(C(C)=O)CCC4)nc2C(=O)O)cc1. The lowest BCUT2D eigenvalue weighted by Gasteiger charge is -2.28. The third-order valence-corrected chi connectivity index (χ3v) is 6.17. The number of aromatic carboxylic acids is 1. The highest BCUT2D eigenvalue weighted by atomic mass is 32.1. The van der Waals surface area contributed by atoms with E-state index in [2.05, 4.69) is 4.98 Å². The summed E-state index contributed by atoms with van der Waals surface area (Å²) < 4.78 is 5.18. The van der Waals surface area contributed by atoms with Crippen LogP contribution in [-0.2, 0) is 11.2 Å². The lowest BCUT2D eigenvalue weighted by atomic mass is 9.99. The molecule has 2 aromatic carbocycles. The smallest absolute Gasteiger partial charge is 0.356 e. The number of aromatic nitrogens is 1. The van der Waals surface area contributed by atoms with E-state index in [1.54, 1.807) is 31.1 Å². The maximum Gasteiger partial charge on any atom is 0.356 e. The fraction of sp³-hybridized carbons (Fsp3) is 0.227. The maximum atomic E-state index is 12.0. The molecule has 6 nitrogen and oxygen atoms in total. The normalized spacial score (nSPS) is 13.1. The van der Waals surface area contributed by atoms with E-state index in [1.807, 2.05) is 30.3 Å². The average Bonchev–Trinajstić information content (AvgIpc) is 3.18. The van der Waals surface area contributed by atoms with Crippen molar-refractivity contribution in [2.75, 3.05) is 18.6 Å². The van der Waals surface area contributed by atoms with E-state index in [1.165, 1.54) is 11.3 Å². The van der Waals surface area contributed by atoms with Gasteiger partial charge in [0.1, 0.15) is 10.8 Å². The Kier molecular flexibility index (Phi) is 5.07. The zero-order valence-electron chi connectivity index (χ0n) is 16.1. The zero-order chi connectivity index (χ0) is 20.5. The van der Waals surface area contributed by atoms with Gasteiger partial charge < -0.3 is 14.7 Å². The molecule has 0 saturated carbocycles. The molecule has 29 heavy (non-hydrogen) atoms. The van der Waals surface area contributed by atoms with E-state index in [9.17, 15) is 14.7 Å². The van der Waals surface area contributed by atoms with Gasteiger partial charge in [-0.1, -0.05) is 12.1 Å². The van der Waals surface area contributed by atoms with Gasteiger partial charge in [-0.15, -0.1) is 11.3 Å². The minimum atomic E-state index is -1.07. The first-order chi connectivity index (χ1) is 14.0. The molecule has 1 N–H and O–H groups in total. The summed E-state index contributed by atoms with van der Waals surface area (Å²) in [7, 11) is 1.59. The minimum absolute atomic E-state index is 0.00684. The number of hydrogen-bond donors (Lipinski definition) is 1. The number of carboxylic acid groups (broad SMARTS) is 1. The van der Waals surface area contributed by atoms with Crippen LogP contribution in [-0.4, -0.2) is 35.6 Å². The van der Waals surface area contributed by atoms with Crippen LogP contribution in [0.3, 0.4) is 0 Å². The van der Waals surface area contributed by atoms with E-state index in [-0.39, 0.29) is 11.6 Å². The van der Waals surface area contributed by atoms with Crippen molar-refractivity contribution in [3.8, 4) is 26.8 Å². The van der Waals surface area contributed by atoms with E-state index in [0.717, 1.165) is 35.2 Å². The first kappa shape index (κ1) is 19.1. The quantitative estimate of drug-likeness (QED) is 0.688. The molecule has 4 rings (SSSR count). The Labute approximate surface area is 172 Å². The lowest BCUT2D eigenvalue weighted by Crippen LogP contribution is -2.33. The highest BCUT2D eigenvalue weighted by Gasteiger charge is 2.23. The van der Waals surface area contributed by atoms with Gasteiger partial charge in [0, 0.05) is 24.7 Å². The van der Waals surface area contributed by atoms with Crippen LogP contribution in [0.25, 0.3) is 21.0 Å². The standard InChI is InChI=1S/C22H20N2O4S/c1-13(25)24-11-3-4-14-5-6-16(12-18(14)24)21-23-19(22(26)27)20(29-21)15-7-9-17(28-2)10-8-15/h5-10,12H,3-4,11H2,1-2H3,(H,26,27). The number of rotatable bonds is 4. The summed E-state index contributed by atoms with van der Waals surface area (Å²) in [4.78, 5) is 30.6. The molecule has 0 unspecified atom stereocenters. The van der Waals surface area contributed by atoms with Crippen molar-refractivity contribution in [3.05, 3.63) is 53.7 Å². The fourth-order valence-electron chi connectivity index (χ4n) is 3.56. The van der Waals surface area contributed by atoms with Crippen LogP contribution in [0, 0.1) is 0 Å². The second kappa shape index (κ2) is 7.67. The average molecular weight is 408 g/mol. The number of carboxylic acids is 1. The molecule has 1 amide bonds. The Hall–Kier alpha value is -3.19. The molecule has 148 valence electrons. The number of nitrogens with zero attached hydrogens (tertiary/aromatic N) is 2. The van der Waals surface area contributed by atoms with Crippen molar-refractivity contribution >= 4 is 28.9 Å². The van der Waals surface area contributed by atoms with E-state index >= 15 is 0 Å². The number of hydrogen-bond acceptors (Lipinski definition) is 5. The monoisotopic (exact) mass is 408 g/mol. The molecule has 1 aliphatic heterocycles. The number of ether oxygens (including phenoxy) is 1. The molecule has 0 aliphatic carbocycles. The van der Waals surface area contributed by atoms with Gasteiger partial charge >= 0.3 is 5.97 Å². The predicted octanol–water partition coefficient (Wildman–Crippen LogP) is 4.48. The minimum Gasteiger partial charge on any atom is -0.497 e. The number of carbonyl (C=O) groups excluding carboxylic acids is 1. The summed E-state index contributed by atoms with van der Waals surface area (Å²) in [6.45, 7) is 2.26. The van der Waals surface area contributed by atoms with Crippen molar-refractivity contribution in [1.82, 2.24) is 4.98 Å². The maximum absolute atomic E-state index is 12.0. The second-order valence-electron chi connectivity index (χ2n) is 6.85. The van der Waals surface area contributed by atoms with Gasteiger partial charge in [0.2, 0.25) is 5.91 Å². The highest BCUT2D eigenvalue weighted by molar-refractivity contribution is 7.18. The Morgan fingerprint density at radius 1 is 1.14 bits per heavy atom. The number of fused-ring (bicyclic) bond motifs is 1. The van der Waals surface area contributed by atoms with E-state index < -0.39 is 5.97 Å². The lowest BCUT2D eigenvalue weighted by molar-refractivity contribution is -0.116. The first-order valence-corrected chi connectivity index (χ1v) is 10.1. The molecule has 0 saturated heterocycles. The fourth-order valence-corrected chi connectivity index (χ4v) is 4.62. The van der Waals surface area contributed by atoms with Gasteiger partial charge in [-0.05, 0) is 54.3 Å². The van der Waals surface area contributed by atoms with Crippen molar-refractivity contribution in [3.63, 3.8) is 0 Å². The van der Waals surface area contributed by atoms with Crippen LogP contribution in [0.1, 0.15) is 29.4 Å². The largest absolute Gasteiger partial charge is 0.497 e. The molecule has 3 aromatic rings. The van der Waals surface area contributed by atoms with Crippen molar-refractivity contribution in [1.29, 1.82) is 0 Å². The first-order valence-electron chi connectivity index (χ1n) is 9.28. The topological polar surface area (TPSA) is 79.7 Å². The van der Waals surface area contributed by atoms with E-state index in [4.69, 9.17) is 4.74 Å². The molecule has 1 aliphatic rings. The van der Waals surface area contributed by atoms with Crippen LogP contribution < -0.4 is 9.64 Å². The number of amides is 1. The summed E-state index contributed by atoms with van der Waals surface area (Å²) in [5.74, 6) is -0.358. The molecule has 0 atom stereocenters. The zero-order valence-corrected chi connectivity index (χ0v) is 17.0. The number of carbonyl (C=O) groups is 2. The second-order valence-corrected chi connectivity index (χ2v) is 7.85. The van der Waals surface area contributed by atoms with Crippen LogP contribution in [0.5, 0.6) is 5.75 Å². The summed E-state index contributed by atoms with van der Waals surface area (Å²) in [6, 6.07) is 13.1. The molecule has 7 heteroatoms. The molecule has 2 heterocycles. The Balaban J connectivity index is 1.79. The Morgan fingerprint density at radius 3 is 2.52 bits per heavy atom. The third-order valence-electron chi connectivity index (χ3n) is 5.01. The van der Waals surface area contributed by atoms with Gasteiger partial charge in [-0.3, -0.25) is 4.79 Å². The summed E-state index contributed by atoms with van der Waals surface area (Å²) in [5.41, 5.74) is 3.62. The van der Waals surface area contributed by atoms with E-state index in [0.29, 0.717) is 22.2 Å². The third kappa shape index (κ3) is 3.61. The Morgan fingerprint density at radius 2 is 1.86 bits per heavy atom. The van der Waals surface area contributed by atoms with Gasteiger partial charge in [-0.2, -0.15) is 0 Å². The highest BCUT2D eigenvalue weighted by Crippen LogP contribution is 2.38. The number of anilines is 1. The molecule has 0 fully saturated rings. The summed E-state index contributed by atoms with van der Waals surface area (Å²) in [6.07, 6.45) is 1.86. The van der Waals surface area contributed by atoms with Crippen LogP contribution >= 0.6 is 11.3 Å². The number of thiazole rings is 1. The van der Waals surface area contributed by atoms with Crippen molar-refractivity contribution < 1.29 is 19.4 Å². The number of methoxy groups -OCH3 is 1.